The van der Waals surface area contributed by atoms with Crippen LogP contribution in [0.2, 0.25) is 5.02 Å². The molecule has 1 heterocycles. The second-order valence-corrected chi connectivity index (χ2v) is 8.93. The van der Waals surface area contributed by atoms with Crippen LogP contribution < -0.4 is 10.0 Å². The van der Waals surface area contributed by atoms with E-state index in [9.17, 15) is 17.6 Å². The van der Waals surface area contributed by atoms with Gasteiger partial charge in [-0.25, -0.2) is 12.8 Å². The molecular formula is C19H16ClFN2O3S2. The zero-order chi connectivity index (χ0) is 20.1. The number of amides is 1. The minimum atomic E-state index is -4.05. The molecule has 0 radical (unpaired) electrons. The van der Waals surface area contributed by atoms with Crippen LogP contribution in [0.3, 0.4) is 0 Å². The Morgan fingerprint density at radius 3 is 2.54 bits per heavy atom. The van der Waals surface area contributed by atoms with Gasteiger partial charge in [-0.2, -0.15) is 0 Å². The van der Waals surface area contributed by atoms with Crippen molar-refractivity contribution in [3.8, 4) is 0 Å². The molecule has 0 atom stereocenters. The molecule has 5 nitrogen and oxygen atoms in total. The number of rotatable bonds is 7. The molecule has 3 rings (SSSR count). The van der Waals surface area contributed by atoms with E-state index < -0.39 is 21.7 Å². The Labute approximate surface area is 171 Å². The van der Waals surface area contributed by atoms with Gasteiger partial charge in [-0.15, -0.1) is 11.3 Å². The first-order valence-electron chi connectivity index (χ1n) is 8.24. The van der Waals surface area contributed by atoms with Gasteiger partial charge >= 0.3 is 0 Å². The van der Waals surface area contributed by atoms with Crippen LogP contribution in [-0.2, 0) is 16.4 Å². The molecule has 0 saturated carbocycles. The van der Waals surface area contributed by atoms with E-state index in [1.807, 2.05) is 17.5 Å². The monoisotopic (exact) mass is 438 g/mol. The fraction of sp³-hybridized carbons (Fsp3) is 0.105. The average molecular weight is 439 g/mol. The summed E-state index contributed by atoms with van der Waals surface area (Å²) in [5.74, 6) is -0.881. The summed E-state index contributed by atoms with van der Waals surface area (Å²) >= 11 is 7.64. The zero-order valence-electron chi connectivity index (χ0n) is 14.5. The van der Waals surface area contributed by atoms with Gasteiger partial charge < -0.3 is 5.32 Å². The fourth-order valence-corrected chi connectivity index (χ4v) is 4.73. The lowest BCUT2D eigenvalue weighted by Crippen LogP contribution is -2.26. The van der Waals surface area contributed by atoms with Crippen LogP contribution in [-0.4, -0.2) is 20.9 Å². The van der Waals surface area contributed by atoms with E-state index >= 15 is 0 Å². The molecule has 0 aliphatic heterocycles. The molecule has 0 spiro atoms. The fourth-order valence-electron chi connectivity index (χ4n) is 2.43. The Bertz CT molecular complexity index is 1070. The molecule has 0 saturated heterocycles. The van der Waals surface area contributed by atoms with E-state index in [-0.39, 0.29) is 21.2 Å². The van der Waals surface area contributed by atoms with E-state index in [0.717, 1.165) is 17.0 Å². The number of carbonyl (C=O) groups is 1. The van der Waals surface area contributed by atoms with E-state index in [1.54, 1.807) is 11.3 Å². The first-order valence-corrected chi connectivity index (χ1v) is 11.0. The molecule has 0 aliphatic carbocycles. The summed E-state index contributed by atoms with van der Waals surface area (Å²) in [7, 11) is -4.05. The summed E-state index contributed by atoms with van der Waals surface area (Å²) in [4.78, 5) is 13.3. The number of halogens is 2. The topological polar surface area (TPSA) is 75.3 Å². The molecule has 1 aromatic heterocycles. The third-order valence-corrected chi connectivity index (χ3v) is 6.62. The third-order valence-electron chi connectivity index (χ3n) is 3.82. The van der Waals surface area contributed by atoms with Gasteiger partial charge in [0.15, 0.2) is 0 Å². The van der Waals surface area contributed by atoms with Gasteiger partial charge in [0.05, 0.1) is 5.02 Å². The number of thiophene rings is 1. The molecule has 28 heavy (non-hydrogen) atoms. The molecular weight excluding hydrogens is 423 g/mol. The smallest absolute Gasteiger partial charge is 0.263 e. The summed E-state index contributed by atoms with van der Waals surface area (Å²) in [6.45, 7) is 0.428. The van der Waals surface area contributed by atoms with Crippen molar-refractivity contribution in [3.05, 3.63) is 81.3 Å². The van der Waals surface area contributed by atoms with Gasteiger partial charge in [0.2, 0.25) is 0 Å². The predicted octanol–water partition coefficient (Wildman–Crippen LogP) is 4.31. The quantitative estimate of drug-likeness (QED) is 0.577. The van der Waals surface area contributed by atoms with E-state index in [0.29, 0.717) is 13.0 Å². The Kier molecular flexibility index (Phi) is 6.33. The van der Waals surface area contributed by atoms with Crippen LogP contribution in [0, 0.1) is 5.82 Å². The lowest BCUT2D eigenvalue weighted by Gasteiger charge is -2.11. The molecule has 2 N–H and O–H groups in total. The van der Waals surface area contributed by atoms with Gasteiger partial charge in [-0.05, 0) is 60.3 Å². The Hall–Kier alpha value is -2.42. The number of sulfonamides is 1. The number of nitrogens with one attached hydrogen (secondary N) is 2. The molecule has 0 fully saturated rings. The normalized spacial score (nSPS) is 11.2. The first kappa shape index (κ1) is 20.3. The molecule has 146 valence electrons. The minimum absolute atomic E-state index is 0.0234. The van der Waals surface area contributed by atoms with Crippen molar-refractivity contribution in [3.63, 3.8) is 0 Å². The highest BCUT2D eigenvalue weighted by molar-refractivity contribution is 7.92. The average Bonchev–Trinajstić information content (AvgIpc) is 3.17. The van der Waals surface area contributed by atoms with Crippen LogP contribution >= 0.6 is 22.9 Å². The Balaban J connectivity index is 1.74. The Morgan fingerprint density at radius 1 is 1.11 bits per heavy atom. The van der Waals surface area contributed by atoms with Gasteiger partial charge in [-0.1, -0.05) is 17.7 Å². The highest BCUT2D eigenvalue weighted by Gasteiger charge is 2.20. The number of hydrogen-bond acceptors (Lipinski definition) is 4. The van der Waals surface area contributed by atoms with Crippen LogP contribution in [0.5, 0.6) is 0 Å². The molecule has 1 amide bonds. The van der Waals surface area contributed by atoms with E-state index in [1.165, 1.54) is 30.3 Å². The molecule has 0 unspecified atom stereocenters. The van der Waals surface area contributed by atoms with Crippen molar-refractivity contribution >= 4 is 44.6 Å². The summed E-state index contributed by atoms with van der Waals surface area (Å²) in [5.41, 5.74) is 0.360. The lowest BCUT2D eigenvalue weighted by atomic mass is 10.2. The van der Waals surface area contributed by atoms with E-state index in [2.05, 4.69) is 10.0 Å². The second-order valence-electron chi connectivity index (χ2n) is 5.84. The van der Waals surface area contributed by atoms with Crippen LogP contribution in [0.1, 0.15) is 15.2 Å². The van der Waals surface area contributed by atoms with Crippen molar-refractivity contribution in [2.24, 2.45) is 0 Å². The highest BCUT2D eigenvalue weighted by Crippen LogP contribution is 2.25. The maximum absolute atomic E-state index is 13.0. The van der Waals surface area contributed by atoms with E-state index in [4.69, 9.17) is 11.6 Å². The third kappa shape index (κ3) is 5.09. The number of hydrogen-bond donors (Lipinski definition) is 2. The van der Waals surface area contributed by atoms with Crippen molar-refractivity contribution in [2.45, 2.75) is 11.3 Å². The highest BCUT2D eigenvalue weighted by atomic mass is 35.5. The first-order chi connectivity index (χ1) is 13.3. The Morgan fingerprint density at radius 2 is 1.86 bits per heavy atom. The molecule has 0 aliphatic rings. The standard InChI is InChI=1S/C19H16ClFN2O3S2/c20-17-8-3-13(19(24)22-10-9-16-2-1-11-27-16)12-18(17)28(25,26)23-15-6-4-14(21)5-7-15/h1-8,11-12,23H,9-10H2,(H,22,24). The molecule has 9 heteroatoms. The zero-order valence-corrected chi connectivity index (χ0v) is 16.9. The van der Waals surface area contributed by atoms with Crippen LogP contribution in [0.25, 0.3) is 0 Å². The predicted molar refractivity (Wildman–Crippen MR) is 109 cm³/mol. The van der Waals surface area contributed by atoms with Crippen molar-refractivity contribution in [1.82, 2.24) is 5.32 Å². The number of anilines is 1. The summed E-state index contributed by atoms with van der Waals surface area (Å²) in [6, 6.07) is 12.8. The minimum Gasteiger partial charge on any atom is -0.352 e. The van der Waals surface area contributed by atoms with Crippen molar-refractivity contribution in [1.29, 1.82) is 0 Å². The SMILES string of the molecule is O=C(NCCc1cccs1)c1ccc(Cl)c(S(=O)(=O)Nc2ccc(F)cc2)c1. The number of benzene rings is 2. The van der Waals surface area contributed by atoms with Crippen molar-refractivity contribution < 1.29 is 17.6 Å². The summed E-state index contributed by atoms with van der Waals surface area (Å²) in [6.07, 6.45) is 0.689. The summed E-state index contributed by atoms with van der Waals surface area (Å²) < 4.78 is 40.6. The van der Waals surface area contributed by atoms with Gasteiger partial charge in [-0.3, -0.25) is 9.52 Å². The van der Waals surface area contributed by atoms with Crippen LogP contribution in [0.15, 0.2) is 64.9 Å². The molecule has 2 aromatic carbocycles. The molecule has 3 aromatic rings. The lowest BCUT2D eigenvalue weighted by molar-refractivity contribution is 0.0954. The molecule has 0 bridgehead atoms. The van der Waals surface area contributed by atoms with Gasteiger partial charge in [0.25, 0.3) is 15.9 Å². The van der Waals surface area contributed by atoms with Gasteiger partial charge in [0, 0.05) is 22.7 Å². The second kappa shape index (κ2) is 8.72. The maximum Gasteiger partial charge on any atom is 0.263 e. The number of carbonyl (C=O) groups excluding carboxylic acids is 1. The van der Waals surface area contributed by atoms with Crippen molar-refractivity contribution in [2.75, 3.05) is 11.3 Å². The largest absolute Gasteiger partial charge is 0.352 e. The van der Waals surface area contributed by atoms with Gasteiger partial charge in [0.1, 0.15) is 10.7 Å². The maximum atomic E-state index is 13.0. The van der Waals surface area contributed by atoms with Crippen LogP contribution in [0.4, 0.5) is 10.1 Å². The summed E-state index contributed by atoms with van der Waals surface area (Å²) in [5, 5.41) is 4.70.